The number of nitrogens with zero attached hydrogens (tertiary/aromatic N) is 3. The number of aliphatic hydroxyl groups is 1. The molecule has 0 aliphatic carbocycles. The van der Waals surface area contributed by atoms with Gasteiger partial charge in [-0.2, -0.15) is 5.26 Å². The molecular weight excluding hydrogens is 546 g/mol. The second-order valence-corrected chi connectivity index (χ2v) is 12.2. The summed E-state index contributed by atoms with van der Waals surface area (Å²) < 4.78 is 27.4. The highest BCUT2D eigenvalue weighted by Gasteiger charge is 2.26. The minimum atomic E-state index is -1.58. The number of nitriles is 1. The Morgan fingerprint density at radius 2 is 1.71 bits per heavy atom. The first kappa shape index (κ1) is 28.0. The third kappa shape index (κ3) is 5.52. The highest BCUT2D eigenvalue weighted by molar-refractivity contribution is 7.90. The predicted octanol–water partition coefficient (Wildman–Crippen LogP) is 6.60. The summed E-state index contributed by atoms with van der Waals surface area (Å²) in [5.41, 5.74) is 4.10. The Balaban J connectivity index is 1.48. The van der Waals surface area contributed by atoms with Crippen molar-refractivity contribution >= 4 is 22.4 Å². The summed E-state index contributed by atoms with van der Waals surface area (Å²) in [5.74, 6) is 0.564. The fourth-order valence-electron chi connectivity index (χ4n) is 5.25. The average molecular weight is 578 g/mol. The first-order chi connectivity index (χ1) is 20.3. The maximum Gasteiger partial charge on any atom is 0.188 e. The molecule has 7 nitrogen and oxygen atoms in total. The molecule has 1 aliphatic rings. The molecule has 1 fully saturated rings. The van der Waals surface area contributed by atoms with E-state index in [2.05, 4.69) is 11.1 Å². The van der Waals surface area contributed by atoms with Crippen LogP contribution >= 0.6 is 0 Å². The van der Waals surface area contributed by atoms with Crippen LogP contribution in [0.5, 0.6) is 5.75 Å². The number of hydrogen-bond acceptors (Lipinski definition) is 6. The zero-order valence-electron chi connectivity index (χ0n) is 23.5. The van der Waals surface area contributed by atoms with Gasteiger partial charge in [0.2, 0.25) is 0 Å². The van der Waals surface area contributed by atoms with E-state index < -0.39 is 17.0 Å². The zero-order valence-corrected chi connectivity index (χ0v) is 24.3. The predicted molar refractivity (Wildman–Crippen MR) is 163 cm³/mol. The molecule has 1 atom stereocenters. The molecule has 1 aliphatic heterocycles. The highest BCUT2D eigenvalue weighted by Crippen LogP contribution is 2.38. The maximum atomic E-state index is 14.0. The lowest BCUT2D eigenvalue weighted by atomic mass is 9.96. The van der Waals surface area contributed by atoms with E-state index in [1.165, 1.54) is 0 Å². The van der Waals surface area contributed by atoms with E-state index >= 15 is 0 Å². The number of rotatable bonds is 7. The lowest BCUT2D eigenvalue weighted by Crippen LogP contribution is -2.26. The third-order valence-electron chi connectivity index (χ3n) is 7.53. The van der Waals surface area contributed by atoms with Gasteiger partial charge >= 0.3 is 0 Å². The molecule has 42 heavy (non-hydrogen) atoms. The first-order valence-electron chi connectivity index (χ1n) is 13.9. The molecule has 0 bridgehead atoms. The van der Waals surface area contributed by atoms with Crippen molar-refractivity contribution in [1.29, 1.82) is 5.26 Å². The van der Waals surface area contributed by atoms with E-state index in [4.69, 9.17) is 9.47 Å². The van der Waals surface area contributed by atoms with E-state index in [0.29, 0.717) is 35.1 Å². The van der Waals surface area contributed by atoms with Gasteiger partial charge in [0.25, 0.3) is 0 Å². The van der Waals surface area contributed by atoms with E-state index in [0.717, 1.165) is 46.2 Å². The van der Waals surface area contributed by atoms with Crippen LogP contribution in [0.4, 0.5) is 0 Å². The number of pyridine rings is 1. The Labute approximate surface area is 248 Å². The van der Waals surface area contributed by atoms with E-state index in [1.807, 2.05) is 84.9 Å². The van der Waals surface area contributed by atoms with Crippen LogP contribution in [0.2, 0.25) is 0 Å². The number of aromatic nitrogens is 2. The van der Waals surface area contributed by atoms with E-state index in [-0.39, 0.29) is 6.10 Å². The fourth-order valence-corrected chi connectivity index (χ4v) is 6.49. The van der Waals surface area contributed by atoms with Crippen molar-refractivity contribution in [2.45, 2.75) is 43.3 Å². The van der Waals surface area contributed by atoms with Gasteiger partial charge in [-0.05, 0) is 66.9 Å². The smallest absolute Gasteiger partial charge is 0.188 e. The van der Waals surface area contributed by atoms with Crippen molar-refractivity contribution in [1.82, 2.24) is 8.96 Å². The Morgan fingerprint density at radius 3 is 2.40 bits per heavy atom. The fraction of sp³-hybridized carbons (Fsp3) is 0.235. The molecule has 8 heteroatoms. The van der Waals surface area contributed by atoms with Gasteiger partial charge in [0.05, 0.1) is 24.4 Å². The third-order valence-corrected chi connectivity index (χ3v) is 8.91. The SMILES string of the molecule is CC(C)(O)c1ccc(-c2cc3c(-c4ccc(OC5CCOCC5)c(C#N)c4)ccnc3n2[S+]([O-])c2ccccc2)cc1. The Bertz CT molecular complexity index is 1750. The minimum Gasteiger partial charge on any atom is -0.587 e. The van der Waals surface area contributed by atoms with Gasteiger partial charge in [-0.1, -0.05) is 48.5 Å². The van der Waals surface area contributed by atoms with Crippen LogP contribution in [0.3, 0.4) is 0 Å². The molecule has 6 rings (SSSR count). The lowest BCUT2D eigenvalue weighted by molar-refractivity contribution is 0.0254. The zero-order chi connectivity index (χ0) is 29.3. The molecule has 212 valence electrons. The minimum absolute atomic E-state index is 0.0247. The van der Waals surface area contributed by atoms with Gasteiger partial charge in [-0.25, -0.2) is 4.98 Å². The molecule has 0 saturated carbocycles. The first-order valence-corrected chi connectivity index (χ1v) is 15.0. The number of benzene rings is 3. The van der Waals surface area contributed by atoms with Crippen LogP contribution < -0.4 is 4.74 Å². The monoisotopic (exact) mass is 577 g/mol. The highest BCUT2D eigenvalue weighted by atomic mass is 32.2. The summed E-state index contributed by atoms with van der Waals surface area (Å²) in [7, 11) is 0. The van der Waals surface area contributed by atoms with Crippen LogP contribution in [-0.2, 0) is 21.7 Å². The molecule has 1 N–H and O–H groups in total. The second-order valence-electron chi connectivity index (χ2n) is 10.9. The average Bonchev–Trinajstić information content (AvgIpc) is 3.41. The normalized spacial score (nSPS) is 14.9. The van der Waals surface area contributed by atoms with E-state index in [1.54, 1.807) is 24.0 Å². The second kappa shape index (κ2) is 11.6. The Kier molecular flexibility index (Phi) is 7.76. The standard InChI is InChI=1S/C34H31N3O4S/c1-34(2,38)26-11-8-23(9-12-26)31-21-30-29(14-17-36-33(30)37(31)42(39)28-6-4-3-5-7-28)24-10-13-32(25(20-24)22-35)41-27-15-18-40-19-16-27/h3-14,17,20-21,27,38H,15-16,18-19H2,1-2H3. The molecular formula is C34H31N3O4S. The van der Waals surface area contributed by atoms with Crippen LogP contribution in [0.15, 0.2) is 96.0 Å². The summed E-state index contributed by atoms with van der Waals surface area (Å²) in [6.07, 6.45) is 3.32. The summed E-state index contributed by atoms with van der Waals surface area (Å²) in [4.78, 5) is 5.33. The van der Waals surface area contributed by atoms with Crippen LogP contribution in [0.1, 0.15) is 37.8 Å². The van der Waals surface area contributed by atoms with Gasteiger partial charge in [0, 0.05) is 30.0 Å². The molecule has 0 spiro atoms. The van der Waals surface area contributed by atoms with Gasteiger partial charge in [-0.3, -0.25) is 0 Å². The summed E-state index contributed by atoms with van der Waals surface area (Å²) >= 11 is -1.58. The molecule has 3 aromatic carbocycles. The molecule has 2 aromatic heterocycles. The lowest BCUT2D eigenvalue weighted by Gasteiger charge is -2.23. The molecule has 1 saturated heterocycles. The molecule has 0 radical (unpaired) electrons. The van der Waals surface area contributed by atoms with Gasteiger partial charge in [0.1, 0.15) is 35.0 Å². The number of hydrogen-bond donors (Lipinski definition) is 1. The van der Waals surface area contributed by atoms with Crippen molar-refractivity contribution < 1.29 is 19.1 Å². The maximum absolute atomic E-state index is 14.0. The summed E-state index contributed by atoms with van der Waals surface area (Å²) in [5, 5.41) is 21.3. The largest absolute Gasteiger partial charge is 0.587 e. The van der Waals surface area contributed by atoms with E-state index in [9.17, 15) is 14.9 Å². The van der Waals surface area contributed by atoms with Crippen molar-refractivity contribution in [3.05, 3.63) is 102 Å². The van der Waals surface area contributed by atoms with Crippen LogP contribution in [0.25, 0.3) is 33.4 Å². The Hall–Kier alpha value is -4.13. The number of fused-ring (bicyclic) bond motifs is 1. The van der Waals surface area contributed by atoms with Crippen molar-refractivity contribution in [3.63, 3.8) is 0 Å². The molecule has 3 heterocycles. The van der Waals surface area contributed by atoms with Crippen molar-refractivity contribution in [2.75, 3.05) is 13.2 Å². The Morgan fingerprint density at radius 1 is 1.00 bits per heavy atom. The molecule has 0 amide bonds. The molecule has 1 unspecified atom stereocenters. The van der Waals surface area contributed by atoms with Crippen molar-refractivity contribution in [3.8, 4) is 34.2 Å². The van der Waals surface area contributed by atoms with Gasteiger partial charge in [-0.15, -0.1) is 3.97 Å². The topological polar surface area (TPSA) is 103 Å². The van der Waals surface area contributed by atoms with Crippen LogP contribution in [0, 0.1) is 11.3 Å². The van der Waals surface area contributed by atoms with Gasteiger partial charge in [0.15, 0.2) is 10.5 Å². The molecule has 5 aromatic rings. The van der Waals surface area contributed by atoms with Crippen molar-refractivity contribution in [2.24, 2.45) is 0 Å². The van der Waals surface area contributed by atoms with Crippen LogP contribution in [-0.4, -0.2) is 37.9 Å². The summed E-state index contributed by atoms with van der Waals surface area (Å²) in [6, 6.07) is 28.8. The number of ether oxygens (including phenoxy) is 2. The van der Waals surface area contributed by atoms with Gasteiger partial charge < -0.3 is 19.1 Å². The quantitative estimate of drug-likeness (QED) is 0.219. The summed E-state index contributed by atoms with van der Waals surface area (Å²) in [6.45, 7) is 4.80.